The Morgan fingerprint density at radius 1 is 1.32 bits per heavy atom. The van der Waals surface area contributed by atoms with Crippen molar-refractivity contribution in [2.24, 2.45) is 16.3 Å². The molecule has 0 amide bonds. The first kappa shape index (κ1) is 17.5. The van der Waals surface area contributed by atoms with Crippen molar-refractivity contribution < 1.29 is 0 Å². The minimum absolute atomic E-state index is 0. The van der Waals surface area contributed by atoms with Gasteiger partial charge < -0.3 is 10.6 Å². The first-order valence-corrected chi connectivity index (χ1v) is 8.24. The van der Waals surface area contributed by atoms with E-state index in [1.807, 2.05) is 18.3 Å². The van der Waals surface area contributed by atoms with E-state index < -0.39 is 0 Å². The van der Waals surface area contributed by atoms with E-state index in [0.29, 0.717) is 5.41 Å². The van der Waals surface area contributed by atoms with Gasteiger partial charge in [0.15, 0.2) is 5.96 Å². The van der Waals surface area contributed by atoms with Crippen LogP contribution in [0.2, 0.25) is 0 Å². The first-order valence-electron chi connectivity index (χ1n) is 8.24. The molecule has 0 radical (unpaired) electrons. The van der Waals surface area contributed by atoms with Crippen molar-refractivity contribution in [2.45, 2.75) is 39.0 Å². The third kappa shape index (κ3) is 4.83. The standard InChI is InChI=1S/C17H26N4.HI/c1-2-18-16(20-12-8-15-5-3-4-11-19-15)21-13-17(9-10-17)14-6-7-14;/h3-5,11,14H,2,6-10,12-13H2,1H3,(H2,18,20,21);1H. The van der Waals surface area contributed by atoms with Crippen LogP contribution in [0.1, 0.15) is 38.3 Å². The molecule has 5 heteroatoms. The predicted octanol–water partition coefficient (Wildman–Crippen LogP) is 2.99. The SMILES string of the molecule is CCNC(=NCC1(C2CC2)CC1)NCCc1ccccn1.I. The van der Waals surface area contributed by atoms with Gasteiger partial charge >= 0.3 is 0 Å². The van der Waals surface area contributed by atoms with Gasteiger partial charge in [-0.05, 0) is 56.1 Å². The van der Waals surface area contributed by atoms with E-state index in [0.717, 1.165) is 43.6 Å². The Morgan fingerprint density at radius 2 is 2.14 bits per heavy atom. The molecule has 0 bridgehead atoms. The predicted molar refractivity (Wildman–Crippen MR) is 102 cm³/mol. The number of guanidine groups is 1. The molecular formula is C17H27IN4. The van der Waals surface area contributed by atoms with Crippen LogP contribution in [0, 0.1) is 11.3 Å². The van der Waals surface area contributed by atoms with Crippen LogP contribution in [0.15, 0.2) is 29.4 Å². The molecule has 0 spiro atoms. The van der Waals surface area contributed by atoms with E-state index in [4.69, 9.17) is 4.99 Å². The molecule has 0 unspecified atom stereocenters. The molecular weight excluding hydrogens is 387 g/mol. The fourth-order valence-electron chi connectivity index (χ4n) is 2.98. The zero-order valence-corrected chi connectivity index (χ0v) is 15.7. The van der Waals surface area contributed by atoms with Crippen LogP contribution in [0.5, 0.6) is 0 Å². The fraction of sp³-hybridized carbons (Fsp3) is 0.647. The van der Waals surface area contributed by atoms with E-state index in [9.17, 15) is 0 Å². The van der Waals surface area contributed by atoms with Gasteiger partial charge in [0, 0.05) is 37.9 Å². The Labute approximate surface area is 150 Å². The minimum atomic E-state index is 0. The van der Waals surface area contributed by atoms with Gasteiger partial charge in [-0.1, -0.05) is 6.07 Å². The summed E-state index contributed by atoms with van der Waals surface area (Å²) in [6.07, 6.45) is 8.40. The monoisotopic (exact) mass is 414 g/mol. The molecule has 0 aliphatic heterocycles. The zero-order chi connectivity index (χ0) is 14.5. The number of nitrogens with one attached hydrogen (secondary N) is 2. The highest BCUT2D eigenvalue weighted by Gasteiger charge is 2.53. The second-order valence-corrected chi connectivity index (χ2v) is 6.33. The van der Waals surface area contributed by atoms with Crippen molar-refractivity contribution in [3.05, 3.63) is 30.1 Å². The summed E-state index contributed by atoms with van der Waals surface area (Å²) in [6, 6.07) is 6.06. The molecule has 0 saturated heterocycles. The van der Waals surface area contributed by atoms with Crippen molar-refractivity contribution in [3.8, 4) is 0 Å². The Bertz CT molecular complexity index is 481. The van der Waals surface area contributed by atoms with E-state index >= 15 is 0 Å². The van der Waals surface area contributed by atoms with Gasteiger partial charge in [-0.15, -0.1) is 24.0 Å². The Balaban J connectivity index is 0.00000176. The molecule has 1 aromatic heterocycles. The summed E-state index contributed by atoms with van der Waals surface area (Å²) in [7, 11) is 0. The topological polar surface area (TPSA) is 49.3 Å². The second kappa shape index (κ2) is 8.13. The van der Waals surface area contributed by atoms with Gasteiger partial charge in [0.2, 0.25) is 0 Å². The Morgan fingerprint density at radius 3 is 2.73 bits per heavy atom. The number of aliphatic imine (C=N–C) groups is 1. The lowest BCUT2D eigenvalue weighted by atomic mass is 10.0. The van der Waals surface area contributed by atoms with E-state index in [2.05, 4.69) is 28.6 Å². The number of nitrogens with zero attached hydrogens (tertiary/aromatic N) is 2. The highest BCUT2D eigenvalue weighted by Crippen LogP contribution is 2.61. The van der Waals surface area contributed by atoms with E-state index in [1.54, 1.807) is 0 Å². The number of rotatable bonds is 7. The van der Waals surface area contributed by atoms with Crippen LogP contribution < -0.4 is 10.6 Å². The van der Waals surface area contributed by atoms with Gasteiger partial charge in [-0.25, -0.2) is 0 Å². The molecule has 3 rings (SSSR count). The molecule has 0 aromatic carbocycles. The quantitative estimate of drug-likeness (QED) is 0.410. The minimum Gasteiger partial charge on any atom is -0.357 e. The van der Waals surface area contributed by atoms with Crippen LogP contribution in [0.3, 0.4) is 0 Å². The summed E-state index contributed by atoms with van der Waals surface area (Å²) in [4.78, 5) is 9.16. The van der Waals surface area contributed by atoms with Gasteiger partial charge in [-0.3, -0.25) is 9.98 Å². The molecule has 1 heterocycles. The average Bonchev–Trinajstić information content (AvgIpc) is 3.39. The summed E-state index contributed by atoms with van der Waals surface area (Å²) < 4.78 is 0. The number of aromatic nitrogens is 1. The van der Waals surface area contributed by atoms with Crippen LogP contribution in [0.4, 0.5) is 0 Å². The maximum Gasteiger partial charge on any atom is 0.191 e. The highest BCUT2D eigenvalue weighted by atomic mass is 127. The number of hydrogen-bond acceptors (Lipinski definition) is 2. The Kier molecular flexibility index (Phi) is 6.47. The third-order valence-electron chi connectivity index (χ3n) is 4.63. The van der Waals surface area contributed by atoms with Gasteiger partial charge in [-0.2, -0.15) is 0 Å². The lowest BCUT2D eigenvalue weighted by Gasteiger charge is -2.14. The van der Waals surface area contributed by atoms with Gasteiger partial charge in [0.1, 0.15) is 0 Å². The Hall–Kier alpha value is -0.850. The fourth-order valence-corrected chi connectivity index (χ4v) is 2.98. The number of halogens is 1. The van der Waals surface area contributed by atoms with Crippen LogP contribution in [-0.4, -0.2) is 30.6 Å². The summed E-state index contributed by atoms with van der Waals surface area (Å²) in [6.45, 7) is 4.89. The largest absolute Gasteiger partial charge is 0.357 e. The third-order valence-corrected chi connectivity index (χ3v) is 4.63. The summed E-state index contributed by atoms with van der Waals surface area (Å²) in [5, 5.41) is 6.77. The maximum atomic E-state index is 4.81. The van der Waals surface area contributed by atoms with Gasteiger partial charge in [0.05, 0.1) is 0 Å². The molecule has 4 nitrogen and oxygen atoms in total. The molecule has 0 atom stereocenters. The van der Waals surface area contributed by atoms with E-state index in [1.165, 1.54) is 25.7 Å². The van der Waals surface area contributed by atoms with Crippen molar-refractivity contribution in [1.29, 1.82) is 0 Å². The van der Waals surface area contributed by atoms with Crippen LogP contribution in [-0.2, 0) is 6.42 Å². The molecule has 2 saturated carbocycles. The van der Waals surface area contributed by atoms with Gasteiger partial charge in [0.25, 0.3) is 0 Å². The second-order valence-electron chi connectivity index (χ2n) is 6.33. The molecule has 2 N–H and O–H groups in total. The van der Waals surface area contributed by atoms with Crippen LogP contribution in [0.25, 0.3) is 0 Å². The summed E-state index contributed by atoms with van der Waals surface area (Å²) >= 11 is 0. The van der Waals surface area contributed by atoms with Crippen molar-refractivity contribution in [1.82, 2.24) is 15.6 Å². The van der Waals surface area contributed by atoms with Crippen LogP contribution >= 0.6 is 24.0 Å². The van der Waals surface area contributed by atoms with Crippen molar-refractivity contribution in [3.63, 3.8) is 0 Å². The first-order chi connectivity index (χ1) is 10.3. The van der Waals surface area contributed by atoms with Crippen molar-refractivity contribution >= 4 is 29.9 Å². The lowest BCUT2D eigenvalue weighted by Crippen LogP contribution is -2.39. The molecule has 2 aliphatic carbocycles. The number of hydrogen-bond donors (Lipinski definition) is 2. The average molecular weight is 414 g/mol. The van der Waals surface area contributed by atoms with Crippen molar-refractivity contribution in [2.75, 3.05) is 19.6 Å². The zero-order valence-electron chi connectivity index (χ0n) is 13.3. The maximum absolute atomic E-state index is 4.81. The number of pyridine rings is 1. The molecule has 1 aromatic rings. The molecule has 22 heavy (non-hydrogen) atoms. The summed E-state index contributed by atoms with van der Waals surface area (Å²) in [5.41, 5.74) is 1.70. The molecule has 122 valence electrons. The normalized spacial score (nSPS) is 19.2. The molecule has 2 fully saturated rings. The summed E-state index contributed by atoms with van der Waals surface area (Å²) in [5.74, 6) is 1.93. The highest BCUT2D eigenvalue weighted by molar-refractivity contribution is 14.0. The smallest absolute Gasteiger partial charge is 0.191 e. The van der Waals surface area contributed by atoms with E-state index in [-0.39, 0.29) is 24.0 Å². The molecule has 2 aliphatic rings. The lowest BCUT2D eigenvalue weighted by molar-refractivity contribution is 0.452.